The zero-order valence-corrected chi connectivity index (χ0v) is 13.5. The quantitative estimate of drug-likeness (QED) is 0.752. The van der Waals surface area contributed by atoms with E-state index in [2.05, 4.69) is 27.4 Å². The maximum Gasteiger partial charge on any atom is 0.123 e. The topological polar surface area (TPSA) is 40.5 Å². The van der Waals surface area contributed by atoms with E-state index in [4.69, 9.17) is 0 Å². The summed E-state index contributed by atoms with van der Waals surface area (Å²) in [7, 11) is 0. The maximum absolute atomic E-state index is 10.4. The second-order valence-corrected chi connectivity index (χ2v) is 6.78. The Morgan fingerprint density at radius 2 is 1.86 bits per heavy atom. The molecule has 0 aliphatic heterocycles. The van der Waals surface area contributed by atoms with Crippen molar-refractivity contribution >= 4 is 0 Å². The predicted molar refractivity (Wildman–Crippen MR) is 87.8 cm³/mol. The Morgan fingerprint density at radius 1 is 1.24 bits per heavy atom. The average molecular weight is 288 g/mol. The van der Waals surface area contributed by atoms with E-state index in [1.165, 1.54) is 6.42 Å². The minimum Gasteiger partial charge on any atom is -0.508 e. The van der Waals surface area contributed by atoms with Gasteiger partial charge in [0.05, 0.1) is 0 Å². The first kappa shape index (κ1) is 15.9. The van der Waals surface area contributed by atoms with Gasteiger partial charge in [-0.05, 0) is 61.6 Å². The molecule has 0 saturated heterocycles. The largest absolute Gasteiger partial charge is 0.508 e. The van der Waals surface area contributed by atoms with E-state index < -0.39 is 0 Å². The van der Waals surface area contributed by atoms with Crippen LogP contribution in [0.1, 0.15) is 63.5 Å². The number of aryl methyl sites for hydroxylation is 1. The van der Waals surface area contributed by atoms with Crippen molar-refractivity contribution in [1.29, 1.82) is 0 Å². The van der Waals surface area contributed by atoms with Crippen LogP contribution in [-0.4, -0.2) is 10.2 Å². The lowest BCUT2D eigenvalue weighted by atomic mass is 9.69. The molecule has 2 nitrogen and oxygen atoms in total. The highest BCUT2D eigenvalue weighted by Gasteiger charge is 2.33. The molecule has 0 bridgehead atoms. The van der Waals surface area contributed by atoms with E-state index >= 15 is 0 Å². The number of phenols is 2. The summed E-state index contributed by atoms with van der Waals surface area (Å²) in [5, 5.41) is 20.9. The van der Waals surface area contributed by atoms with Gasteiger partial charge in [0.1, 0.15) is 11.5 Å². The van der Waals surface area contributed by atoms with Gasteiger partial charge in [0.2, 0.25) is 0 Å². The van der Waals surface area contributed by atoms with Gasteiger partial charge in [-0.3, -0.25) is 0 Å². The number of rotatable bonds is 4. The number of hydrogen-bond donors (Lipinski definition) is 2. The lowest BCUT2D eigenvalue weighted by molar-refractivity contribution is 0.267. The van der Waals surface area contributed by atoms with Gasteiger partial charge >= 0.3 is 0 Å². The van der Waals surface area contributed by atoms with Crippen LogP contribution in [-0.2, 0) is 6.42 Å². The molecule has 21 heavy (non-hydrogen) atoms. The molecule has 1 aromatic rings. The minimum absolute atomic E-state index is 0.182. The van der Waals surface area contributed by atoms with E-state index in [9.17, 15) is 10.2 Å². The van der Waals surface area contributed by atoms with Gasteiger partial charge in [-0.25, -0.2) is 0 Å². The highest BCUT2D eigenvalue weighted by atomic mass is 16.3. The molecule has 2 rings (SSSR count). The summed E-state index contributed by atoms with van der Waals surface area (Å²) in [5.41, 5.74) is 2.89. The van der Waals surface area contributed by atoms with Crippen LogP contribution in [0, 0.1) is 11.8 Å². The Hall–Kier alpha value is -1.44. The van der Waals surface area contributed by atoms with E-state index in [1.54, 1.807) is 0 Å². The monoisotopic (exact) mass is 288 g/mol. The van der Waals surface area contributed by atoms with Crippen LogP contribution in [0.3, 0.4) is 0 Å². The van der Waals surface area contributed by atoms with Crippen molar-refractivity contribution in [3.63, 3.8) is 0 Å². The number of hydrogen-bond acceptors (Lipinski definition) is 2. The summed E-state index contributed by atoms with van der Waals surface area (Å²) >= 11 is 0. The second kappa shape index (κ2) is 6.55. The number of benzene rings is 1. The molecule has 3 atom stereocenters. The molecule has 0 amide bonds. The van der Waals surface area contributed by atoms with Gasteiger partial charge in [0.15, 0.2) is 0 Å². The van der Waals surface area contributed by atoms with Crippen molar-refractivity contribution in [2.24, 2.45) is 11.8 Å². The molecule has 1 aromatic carbocycles. The molecule has 1 aliphatic rings. The molecule has 0 spiro atoms. The summed E-state index contributed by atoms with van der Waals surface area (Å²) in [6.07, 6.45) is 5.19. The predicted octanol–water partition coefficient (Wildman–Crippen LogP) is 5.15. The second-order valence-electron chi connectivity index (χ2n) is 6.78. The van der Waals surface area contributed by atoms with Gasteiger partial charge in [-0.1, -0.05) is 38.8 Å². The van der Waals surface area contributed by atoms with Crippen LogP contribution < -0.4 is 0 Å². The molecular formula is C19H28O2. The normalized spacial score (nSPS) is 25.8. The first-order valence-corrected chi connectivity index (χ1v) is 8.14. The first-order valence-electron chi connectivity index (χ1n) is 8.14. The summed E-state index contributed by atoms with van der Waals surface area (Å²) in [6.45, 7) is 10.5. The Balaban J connectivity index is 2.40. The third kappa shape index (κ3) is 3.42. The zero-order valence-electron chi connectivity index (χ0n) is 13.5. The van der Waals surface area contributed by atoms with Gasteiger partial charge in [0, 0.05) is 5.56 Å². The van der Waals surface area contributed by atoms with E-state index in [0.29, 0.717) is 11.8 Å². The smallest absolute Gasteiger partial charge is 0.123 e. The Morgan fingerprint density at radius 3 is 2.38 bits per heavy atom. The highest BCUT2D eigenvalue weighted by molar-refractivity contribution is 5.49. The van der Waals surface area contributed by atoms with Crippen LogP contribution in [0.2, 0.25) is 0 Å². The van der Waals surface area contributed by atoms with Crippen molar-refractivity contribution < 1.29 is 10.2 Å². The highest BCUT2D eigenvalue weighted by Crippen LogP contribution is 2.49. The minimum atomic E-state index is 0.182. The van der Waals surface area contributed by atoms with E-state index in [-0.39, 0.29) is 17.4 Å². The molecule has 1 fully saturated rings. The molecular weight excluding hydrogens is 260 g/mol. The Kier molecular flexibility index (Phi) is 4.97. The first-order chi connectivity index (χ1) is 9.93. The molecule has 0 heterocycles. The van der Waals surface area contributed by atoms with Crippen LogP contribution in [0.15, 0.2) is 24.3 Å². The van der Waals surface area contributed by atoms with Crippen molar-refractivity contribution in [3.8, 4) is 11.5 Å². The third-order valence-electron chi connectivity index (χ3n) is 4.85. The lowest BCUT2D eigenvalue weighted by Crippen LogP contribution is -2.23. The third-order valence-corrected chi connectivity index (χ3v) is 4.85. The van der Waals surface area contributed by atoms with Crippen molar-refractivity contribution in [2.45, 2.75) is 58.8 Å². The SMILES string of the molecule is C=C(C)[C@@H]1CCC(C)C[C@H]1c1c(O)cc(CCC)cc1O. The van der Waals surface area contributed by atoms with Crippen LogP contribution >= 0.6 is 0 Å². The fourth-order valence-electron chi connectivity index (χ4n) is 3.78. The van der Waals surface area contributed by atoms with Crippen molar-refractivity contribution in [2.75, 3.05) is 0 Å². The van der Waals surface area contributed by atoms with Crippen LogP contribution in [0.25, 0.3) is 0 Å². The summed E-state index contributed by atoms with van der Waals surface area (Å²) in [4.78, 5) is 0. The van der Waals surface area contributed by atoms with Gasteiger partial charge in [-0.2, -0.15) is 0 Å². The van der Waals surface area contributed by atoms with Crippen LogP contribution in [0.4, 0.5) is 0 Å². The Labute approximate surface area is 128 Å². The zero-order chi connectivity index (χ0) is 15.6. The standard InChI is InChI=1S/C19H28O2/c1-5-6-14-10-17(20)19(18(21)11-14)16-9-13(4)7-8-15(16)12(2)3/h10-11,13,15-16,20-21H,2,5-9H2,1,3-4H3/t13?,15-,16+/m0/s1. The number of allylic oxidation sites excluding steroid dienone is 1. The molecule has 0 radical (unpaired) electrons. The van der Waals surface area contributed by atoms with Crippen LogP contribution in [0.5, 0.6) is 11.5 Å². The van der Waals surface area contributed by atoms with Crippen molar-refractivity contribution in [1.82, 2.24) is 0 Å². The molecule has 1 aliphatic carbocycles. The lowest BCUT2D eigenvalue weighted by Gasteiger charge is -2.36. The molecule has 1 saturated carbocycles. The summed E-state index contributed by atoms with van der Waals surface area (Å²) < 4.78 is 0. The Bertz CT molecular complexity index is 495. The molecule has 0 aromatic heterocycles. The molecule has 2 N–H and O–H groups in total. The summed E-state index contributed by atoms with van der Waals surface area (Å²) in [6, 6.07) is 3.65. The molecule has 1 unspecified atom stereocenters. The van der Waals surface area contributed by atoms with Crippen molar-refractivity contribution in [3.05, 3.63) is 35.4 Å². The fourth-order valence-corrected chi connectivity index (χ4v) is 3.78. The average Bonchev–Trinajstić information content (AvgIpc) is 2.38. The number of phenolic OH excluding ortho intramolecular Hbond substituents is 2. The summed E-state index contributed by atoms with van der Waals surface area (Å²) in [5.74, 6) is 1.67. The molecule has 116 valence electrons. The molecule has 2 heteroatoms. The maximum atomic E-state index is 10.4. The van der Waals surface area contributed by atoms with Gasteiger partial charge < -0.3 is 10.2 Å². The van der Waals surface area contributed by atoms with Gasteiger partial charge in [0.25, 0.3) is 0 Å². The fraction of sp³-hybridized carbons (Fsp3) is 0.579. The number of aromatic hydroxyl groups is 2. The van der Waals surface area contributed by atoms with E-state index in [1.807, 2.05) is 12.1 Å². The van der Waals surface area contributed by atoms with Gasteiger partial charge in [-0.15, -0.1) is 0 Å². The van der Waals surface area contributed by atoms with E-state index in [0.717, 1.165) is 42.4 Å².